The molecule has 7 aromatic rings. The molecule has 0 atom stereocenters. The number of hydrogen-bond donors (Lipinski definition) is 1. The van der Waals surface area contributed by atoms with E-state index in [1.54, 1.807) is 0 Å². The van der Waals surface area contributed by atoms with E-state index in [-0.39, 0.29) is 17.1 Å². The van der Waals surface area contributed by atoms with Crippen molar-refractivity contribution in [3.63, 3.8) is 0 Å². The van der Waals surface area contributed by atoms with Gasteiger partial charge in [0.2, 0.25) is 0 Å². The fraction of sp³-hybridized carbons (Fsp3) is 0.353. The van der Waals surface area contributed by atoms with Crippen molar-refractivity contribution < 1.29 is 17.1 Å². The van der Waals surface area contributed by atoms with Gasteiger partial charge in [-0.05, 0) is 157 Å². The SMILES string of the molecule is CCCCCCc1ccc(-c2c(-c3ccc(CCCCCC)cc3)c3c(-c4ccc(CCCCCC)cc4)c4nc(cc5ccc(cc6nc(cc2n3-c2ccc(CCCCCC)cc2)C=C6)[nH]5)C=C4)cc1.[Cu]. The Morgan fingerprint density at radius 1 is 0.370 bits per heavy atom. The Balaban J connectivity index is 0.00000711. The third kappa shape index (κ3) is 13.6. The number of nitrogens with one attached hydrogen (secondary N) is 1. The molecule has 4 nitrogen and oxygen atoms in total. The number of fused-ring (bicyclic) bond motifs is 8. The molecular weight excluding hydrogens is 936 g/mol. The van der Waals surface area contributed by atoms with E-state index in [1.165, 1.54) is 147 Å². The molecule has 2 aliphatic heterocycles. The quantitative estimate of drug-likeness (QED) is 0.0484. The van der Waals surface area contributed by atoms with Gasteiger partial charge >= 0.3 is 0 Å². The van der Waals surface area contributed by atoms with Gasteiger partial charge < -0.3 is 9.55 Å². The molecule has 0 amide bonds. The van der Waals surface area contributed by atoms with Crippen molar-refractivity contribution in [2.24, 2.45) is 0 Å². The number of unbranched alkanes of at least 4 members (excludes halogenated alkanes) is 12. The molecule has 0 aliphatic carbocycles. The van der Waals surface area contributed by atoms with Gasteiger partial charge in [-0.1, -0.05) is 190 Å². The number of hydrogen-bond acceptors (Lipinski definition) is 2. The zero-order chi connectivity index (χ0) is 49.5. The molecule has 3 aromatic heterocycles. The Bertz CT molecular complexity index is 3090. The third-order valence-electron chi connectivity index (χ3n) is 14.9. The number of H-pyrrole nitrogens is 1. The van der Waals surface area contributed by atoms with Gasteiger partial charge in [0, 0.05) is 50.5 Å². The summed E-state index contributed by atoms with van der Waals surface area (Å²) in [6.07, 6.45) is 33.1. The third-order valence-corrected chi connectivity index (χ3v) is 14.9. The van der Waals surface area contributed by atoms with Crippen LogP contribution in [0.4, 0.5) is 0 Å². The standard InChI is InChI=1S/C68H78N4.Cu/c1-5-9-13-17-21-50-25-33-54(34-26-50)65-63-46-43-60(71-63)48-59-40-39-57(69-59)47-58-41-42-61(70-58)49-64-66(55-35-27-51(28-36-55)22-18-14-10-6-2)67(56-37-29-52(30-38-56)23-19-15-11-7-3)68(65)72(64)62-44-31-53(32-45-62)24-20-16-12-8-4;/h25-49,69H,5-24H2,1-4H3;. The molecule has 2 aliphatic rings. The smallest absolute Gasteiger partial charge is 0.0737 e. The molecule has 0 saturated carbocycles. The number of aryl methyl sites for hydroxylation is 4. The average molecular weight is 1010 g/mol. The summed E-state index contributed by atoms with van der Waals surface area (Å²) in [5.41, 5.74) is 21.8. The number of rotatable bonds is 24. The van der Waals surface area contributed by atoms with E-state index in [4.69, 9.17) is 9.97 Å². The number of nitrogens with zero attached hydrogens (tertiary/aromatic N) is 3. The van der Waals surface area contributed by atoms with Crippen LogP contribution in [0.1, 0.15) is 175 Å². The monoisotopic (exact) mass is 1010 g/mol. The molecule has 0 saturated heterocycles. The second-order valence-electron chi connectivity index (χ2n) is 20.5. The Labute approximate surface area is 448 Å². The zero-order valence-electron chi connectivity index (χ0n) is 44.2. The first-order valence-electron chi connectivity index (χ1n) is 28.1. The summed E-state index contributed by atoms with van der Waals surface area (Å²) in [5.74, 6) is 0. The van der Waals surface area contributed by atoms with Crippen LogP contribution in [0.15, 0.2) is 127 Å². The van der Waals surface area contributed by atoms with E-state index < -0.39 is 0 Å². The molecule has 5 heterocycles. The second kappa shape index (κ2) is 26.8. The van der Waals surface area contributed by atoms with Crippen LogP contribution in [0.3, 0.4) is 0 Å². The van der Waals surface area contributed by atoms with Gasteiger partial charge in [-0.3, -0.25) is 0 Å². The van der Waals surface area contributed by atoms with Crippen molar-refractivity contribution in [2.75, 3.05) is 0 Å². The summed E-state index contributed by atoms with van der Waals surface area (Å²) < 4.78 is 2.56. The Kier molecular flexibility index (Phi) is 19.6. The van der Waals surface area contributed by atoms with Crippen molar-refractivity contribution in [1.29, 1.82) is 0 Å². The maximum Gasteiger partial charge on any atom is 0.0737 e. The zero-order valence-corrected chi connectivity index (χ0v) is 45.2. The van der Waals surface area contributed by atoms with Crippen LogP contribution < -0.4 is 0 Å². The summed E-state index contributed by atoms with van der Waals surface area (Å²) in [6.45, 7) is 9.17. The second-order valence-corrected chi connectivity index (χ2v) is 20.5. The van der Waals surface area contributed by atoms with Crippen LogP contribution in [-0.4, -0.2) is 19.5 Å². The summed E-state index contributed by atoms with van der Waals surface area (Å²) in [5, 5.41) is 0. The van der Waals surface area contributed by atoms with Crippen LogP contribution >= 0.6 is 0 Å². The van der Waals surface area contributed by atoms with Crippen LogP contribution in [0.25, 0.3) is 85.4 Å². The molecule has 8 bridgehead atoms. The molecular formula is C68H78CuN4. The topological polar surface area (TPSA) is 46.5 Å². The number of benzene rings is 4. The van der Waals surface area contributed by atoms with E-state index >= 15 is 0 Å². The van der Waals surface area contributed by atoms with Crippen molar-refractivity contribution >= 4 is 46.4 Å². The fourth-order valence-electron chi connectivity index (χ4n) is 10.8. The molecule has 381 valence electrons. The van der Waals surface area contributed by atoms with Gasteiger partial charge in [0.05, 0.1) is 33.8 Å². The summed E-state index contributed by atoms with van der Waals surface area (Å²) in [4.78, 5) is 14.5. The van der Waals surface area contributed by atoms with E-state index in [1.807, 2.05) is 0 Å². The first-order valence-corrected chi connectivity index (χ1v) is 28.1. The first kappa shape index (κ1) is 53.3. The van der Waals surface area contributed by atoms with Gasteiger partial charge in [0.15, 0.2) is 0 Å². The van der Waals surface area contributed by atoms with Gasteiger partial charge in [0.25, 0.3) is 0 Å². The average Bonchev–Trinajstić information content (AvgIpc) is 4.23. The molecule has 0 spiro atoms. The Morgan fingerprint density at radius 2 is 0.753 bits per heavy atom. The number of aromatic amines is 1. The molecule has 0 unspecified atom stereocenters. The predicted octanol–water partition coefficient (Wildman–Crippen LogP) is 19.6. The van der Waals surface area contributed by atoms with E-state index in [0.29, 0.717) is 0 Å². The minimum atomic E-state index is 0. The molecule has 0 fully saturated rings. The van der Waals surface area contributed by atoms with Crippen LogP contribution in [0, 0.1) is 0 Å². The molecule has 73 heavy (non-hydrogen) atoms. The van der Waals surface area contributed by atoms with Crippen LogP contribution in [0.2, 0.25) is 0 Å². The largest absolute Gasteiger partial charge is 0.355 e. The Hall–Kier alpha value is -6.00. The van der Waals surface area contributed by atoms with Crippen molar-refractivity contribution in [3.8, 4) is 39.1 Å². The molecule has 1 N–H and O–H groups in total. The molecule has 4 aromatic carbocycles. The fourth-order valence-corrected chi connectivity index (χ4v) is 10.8. The maximum atomic E-state index is 5.56. The van der Waals surface area contributed by atoms with E-state index in [9.17, 15) is 0 Å². The van der Waals surface area contributed by atoms with Gasteiger partial charge in [-0.15, -0.1) is 0 Å². The molecule has 9 rings (SSSR count). The van der Waals surface area contributed by atoms with E-state index in [2.05, 4.69) is 189 Å². The summed E-state index contributed by atoms with van der Waals surface area (Å²) in [6, 6.07) is 49.0. The Morgan fingerprint density at radius 3 is 1.21 bits per heavy atom. The van der Waals surface area contributed by atoms with Crippen molar-refractivity contribution in [2.45, 2.75) is 156 Å². The molecule has 1 radical (unpaired) electrons. The van der Waals surface area contributed by atoms with Crippen molar-refractivity contribution in [1.82, 2.24) is 19.5 Å². The summed E-state index contributed by atoms with van der Waals surface area (Å²) in [7, 11) is 0. The number of aromatic nitrogens is 4. The van der Waals surface area contributed by atoms with Crippen LogP contribution in [-0.2, 0) is 42.8 Å². The van der Waals surface area contributed by atoms with Crippen LogP contribution in [0.5, 0.6) is 0 Å². The summed E-state index contributed by atoms with van der Waals surface area (Å²) >= 11 is 0. The normalized spacial score (nSPS) is 11.9. The van der Waals surface area contributed by atoms with E-state index in [0.717, 1.165) is 87.3 Å². The molecule has 5 heteroatoms. The predicted molar refractivity (Wildman–Crippen MR) is 312 cm³/mol. The minimum Gasteiger partial charge on any atom is -0.355 e. The van der Waals surface area contributed by atoms with Gasteiger partial charge in [0.1, 0.15) is 0 Å². The van der Waals surface area contributed by atoms with Crippen molar-refractivity contribution in [3.05, 3.63) is 172 Å². The first-order chi connectivity index (χ1) is 35.5. The van der Waals surface area contributed by atoms with Gasteiger partial charge in [-0.25, -0.2) is 9.97 Å². The van der Waals surface area contributed by atoms with Gasteiger partial charge in [-0.2, -0.15) is 0 Å². The minimum absolute atomic E-state index is 0. The maximum absolute atomic E-state index is 5.56.